The summed E-state index contributed by atoms with van der Waals surface area (Å²) in [5, 5.41) is 0. The SMILES string of the molecule is O=C1COC=N\C=C/C=N\C=C/OC1. The first kappa shape index (κ1) is 10.2. The molecule has 0 aromatic heterocycles. The second kappa shape index (κ2) is 6.59. The van der Waals surface area contributed by atoms with Gasteiger partial charge in [-0.1, -0.05) is 0 Å². The van der Waals surface area contributed by atoms with Crippen molar-refractivity contribution < 1.29 is 14.3 Å². The van der Waals surface area contributed by atoms with Crippen molar-refractivity contribution in [3.05, 3.63) is 24.7 Å². The Kier molecular flexibility index (Phi) is 4.79. The molecule has 5 heteroatoms. The standard InChI is InChI=1S/C9H10N2O3/c12-9-6-13-5-4-10-2-1-3-11-8-14-7-9/h1-5,8H,6-7H2/b3-1-,5-4-,10-2-,11-8?. The molecular weight excluding hydrogens is 184 g/mol. The van der Waals surface area contributed by atoms with Crippen LogP contribution in [-0.2, 0) is 14.3 Å². The minimum absolute atomic E-state index is 0.0205. The molecule has 14 heavy (non-hydrogen) atoms. The molecule has 1 aliphatic heterocycles. The monoisotopic (exact) mass is 194 g/mol. The fourth-order valence-corrected chi connectivity index (χ4v) is 0.657. The highest BCUT2D eigenvalue weighted by Crippen LogP contribution is 1.84. The molecule has 1 rings (SSSR count). The Morgan fingerprint density at radius 2 is 2.00 bits per heavy atom. The number of hydrogen-bond donors (Lipinski definition) is 0. The van der Waals surface area contributed by atoms with E-state index in [0.29, 0.717) is 0 Å². The molecule has 0 fully saturated rings. The zero-order valence-corrected chi connectivity index (χ0v) is 7.50. The molecule has 0 radical (unpaired) electrons. The van der Waals surface area contributed by atoms with E-state index in [2.05, 4.69) is 9.98 Å². The number of allylic oxidation sites excluding steroid dienone is 1. The number of hydrogen-bond acceptors (Lipinski definition) is 5. The fraction of sp³-hybridized carbons (Fsp3) is 0.222. The molecule has 0 aliphatic carbocycles. The van der Waals surface area contributed by atoms with Crippen LogP contribution >= 0.6 is 0 Å². The van der Waals surface area contributed by atoms with Crippen molar-refractivity contribution in [3.8, 4) is 0 Å². The topological polar surface area (TPSA) is 60.2 Å². The number of carbonyl (C=O) groups is 1. The smallest absolute Gasteiger partial charge is 0.207 e. The summed E-state index contributed by atoms with van der Waals surface area (Å²) in [5.74, 6) is -0.159. The summed E-state index contributed by atoms with van der Waals surface area (Å²) >= 11 is 0. The number of carbonyl (C=O) groups excluding carboxylic acids is 1. The van der Waals surface area contributed by atoms with E-state index in [1.165, 1.54) is 31.3 Å². The third-order valence-corrected chi connectivity index (χ3v) is 1.21. The van der Waals surface area contributed by atoms with Gasteiger partial charge in [0.25, 0.3) is 0 Å². The van der Waals surface area contributed by atoms with Gasteiger partial charge in [0, 0.05) is 12.4 Å². The molecule has 0 amide bonds. The van der Waals surface area contributed by atoms with E-state index in [1.54, 1.807) is 6.08 Å². The summed E-state index contributed by atoms with van der Waals surface area (Å²) in [7, 11) is 0. The maximum atomic E-state index is 11.0. The fourth-order valence-electron chi connectivity index (χ4n) is 0.657. The van der Waals surface area contributed by atoms with Gasteiger partial charge in [0.05, 0.1) is 6.20 Å². The molecule has 0 aromatic carbocycles. The Balaban J connectivity index is 2.51. The third kappa shape index (κ3) is 4.87. The van der Waals surface area contributed by atoms with E-state index in [0.717, 1.165) is 0 Å². The number of ketones is 1. The number of Topliss-reactive ketones (excluding diaryl/α,β-unsaturated/α-hetero) is 1. The van der Waals surface area contributed by atoms with Crippen LogP contribution < -0.4 is 0 Å². The molecule has 0 unspecified atom stereocenters. The highest BCUT2D eigenvalue weighted by Gasteiger charge is 1.99. The molecule has 0 atom stereocenters. The second-order valence-corrected chi connectivity index (χ2v) is 2.34. The highest BCUT2D eigenvalue weighted by molar-refractivity contribution is 5.81. The van der Waals surface area contributed by atoms with Gasteiger partial charge >= 0.3 is 0 Å². The van der Waals surface area contributed by atoms with Gasteiger partial charge in [-0.25, -0.2) is 4.99 Å². The third-order valence-electron chi connectivity index (χ3n) is 1.21. The van der Waals surface area contributed by atoms with E-state index in [1.807, 2.05) is 0 Å². The van der Waals surface area contributed by atoms with Crippen LogP contribution in [0, 0.1) is 0 Å². The molecule has 0 spiro atoms. The van der Waals surface area contributed by atoms with Crippen molar-refractivity contribution in [2.45, 2.75) is 0 Å². The van der Waals surface area contributed by atoms with E-state index < -0.39 is 0 Å². The Morgan fingerprint density at radius 3 is 2.93 bits per heavy atom. The Labute approximate surface area is 81.5 Å². The molecule has 0 aromatic rings. The van der Waals surface area contributed by atoms with Crippen molar-refractivity contribution in [2.75, 3.05) is 13.2 Å². The Bertz CT molecular complexity index is 264. The average molecular weight is 194 g/mol. The van der Waals surface area contributed by atoms with E-state index in [-0.39, 0.29) is 19.0 Å². The minimum atomic E-state index is -0.159. The molecule has 5 nitrogen and oxygen atoms in total. The van der Waals surface area contributed by atoms with Crippen LogP contribution in [0.4, 0.5) is 0 Å². The van der Waals surface area contributed by atoms with E-state index >= 15 is 0 Å². The first-order valence-electron chi connectivity index (χ1n) is 3.99. The lowest BCUT2D eigenvalue weighted by Gasteiger charge is -1.98. The van der Waals surface area contributed by atoms with Crippen LogP contribution in [0.3, 0.4) is 0 Å². The van der Waals surface area contributed by atoms with Gasteiger partial charge in [-0.15, -0.1) is 0 Å². The van der Waals surface area contributed by atoms with E-state index in [9.17, 15) is 4.79 Å². The van der Waals surface area contributed by atoms with Gasteiger partial charge in [-0.05, 0) is 6.08 Å². The summed E-state index contributed by atoms with van der Waals surface area (Å²) in [5.41, 5.74) is 0. The molecule has 1 aliphatic rings. The first-order chi connectivity index (χ1) is 6.89. The van der Waals surface area contributed by atoms with Gasteiger partial charge in [0.15, 0.2) is 13.0 Å². The molecule has 1 heterocycles. The van der Waals surface area contributed by atoms with Gasteiger partial charge in [0.1, 0.15) is 12.9 Å². The molecule has 0 bridgehead atoms. The molecule has 74 valence electrons. The summed E-state index contributed by atoms with van der Waals surface area (Å²) in [6, 6.07) is 0. The number of ether oxygens (including phenoxy) is 2. The van der Waals surface area contributed by atoms with Crippen LogP contribution in [0.15, 0.2) is 34.7 Å². The summed E-state index contributed by atoms with van der Waals surface area (Å²) in [6.45, 7) is -0.0562. The van der Waals surface area contributed by atoms with Crippen LogP contribution in [0.5, 0.6) is 0 Å². The normalized spacial score (nSPS) is 24.4. The zero-order chi connectivity index (χ0) is 10.1. The minimum Gasteiger partial charge on any atom is -0.492 e. The van der Waals surface area contributed by atoms with Crippen LogP contribution in [0.1, 0.15) is 0 Å². The van der Waals surface area contributed by atoms with Gasteiger partial charge < -0.3 is 9.47 Å². The molecule has 0 N–H and O–H groups in total. The number of aliphatic imine (C=N–C) groups is 2. The van der Waals surface area contributed by atoms with E-state index in [4.69, 9.17) is 9.47 Å². The van der Waals surface area contributed by atoms with Crippen LogP contribution in [0.25, 0.3) is 0 Å². The lowest BCUT2D eigenvalue weighted by atomic mass is 10.4. The van der Waals surface area contributed by atoms with Crippen molar-refractivity contribution >= 4 is 18.4 Å². The maximum Gasteiger partial charge on any atom is 0.207 e. The van der Waals surface area contributed by atoms with Gasteiger partial charge in [-0.2, -0.15) is 0 Å². The van der Waals surface area contributed by atoms with Crippen molar-refractivity contribution in [1.29, 1.82) is 0 Å². The predicted octanol–water partition coefficient (Wildman–Crippen LogP) is 0.686. The molecule has 0 saturated heterocycles. The maximum absolute atomic E-state index is 11.0. The van der Waals surface area contributed by atoms with Crippen LogP contribution in [-0.4, -0.2) is 31.6 Å². The van der Waals surface area contributed by atoms with Gasteiger partial charge in [0.2, 0.25) is 5.78 Å². The number of nitrogens with zero attached hydrogens (tertiary/aromatic N) is 2. The lowest BCUT2D eigenvalue weighted by Crippen LogP contribution is -2.13. The first-order valence-corrected chi connectivity index (χ1v) is 3.99. The quantitative estimate of drug-likeness (QED) is 0.570. The summed E-state index contributed by atoms with van der Waals surface area (Å²) in [6.07, 6.45) is 8.66. The predicted molar refractivity (Wildman–Crippen MR) is 52.2 cm³/mol. The largest absolute Gasteiger partial charge is 0.492 e. The van der Waals surface area contributed by atoms with Crippen molar-refractivity contribution in [2.24, 2.45) is 9.98 Å². The van der Waals surface area contributed by atoms with Crippen molar-refractivity contribution in [3.63, 3.8) is 0 Å². The van der Waals surface area contributed by atoms with Crippen LogP contribution in [0.2, 0.25) is 0 Å². The van der Waals surface area contributed by atoms with Gasteiger partial charge in [-0.3, -0.25) is 9.79 Å². The highest BCUT2D eigenvalue weighted by atomic mass is 16.5. The zero-order valence-electron chi connectivity index (χ0n) is 7.50. The summed E-state index contributed by atoms with van der Waals surface area (Å²) in [4.78, 5) is 18.5. The van der Waals surface area contributed by atoms with Crippen molar-refractivity contribution in [1.82, 2.24) is 0 Å². The summed E-state index contributed by atoms with van der Waals surface area (Å²) < 4.78 is 9.69. The molecule has 0 saturated carbocycles. The Morgan fingerprint density at radius 1 is 1.14 bits per heavy atom. The average Bonchev–Trinajstić information content (AvgIpc) is 2.20. The Hall–Kier alpha value is -1.91. The molecular formula is C9H10N2O3. The lowest BCUT2D eigenvalue weighted by molar-refractivity contribution is -0.124. The number of rotatable bonds is 0. The second-order valence-electron chi connectivity index (χ2n) is 2.34.